The highest BCUT2D eigenvalue weighted by Crippen LogP contribution is 2.30. The Hall–Kier alpha value is -2.59. The highest BCUT2D eigenvalue weighted by Gasteiger charge is 2.11. The summed E-state index contributed by atoms with van der Waals surface area (Å²) in [5.74, 6) is 0. The van der Waals surface area contributed by atoms with E-state index in [1.165, 1.54) is 5.56 Å². The summed E-state index contributed by atoms with van der Waals surface area (Å²) >= 11 is 6.12. The van der Waals surface area contributed by atoms with Gasteiger partial charge in [0.2, 0.25) is 0 Å². The van der Waals surface area contributed by atoms with Crippen LogP contribution in [0.25, 0.3) is 33.7 Å². The van der Waals surface area contributed by atoms with Crippen molar-refractivity contribution in [3.63, 3.8) is 0 Å². The molecule has 5 heteroatoms. The van der Waals surface area contributed by atoms with E-state index in [1.807, 2.05) is 36.5 Å². The van der Waals surface area contributed by atoms with Crippen molar-refractivity contribution in [1.82, 2.24) is 19.9 Å². The number of nitrogens with zero attached hydrogens (tertiary/aromatic N) is 2. The lowest BCUT2D eigenvalue weighted by Gasteiger charge is -2.04. The highest BCUT2D eigenvalue weighted by atomic mass is 35.5. The Morgan fingerprint density at radius 1 is 1.00 bits per heavy atom. The first kappa shape index (κ1) is 13.1. The molecule has 0 amide bonds. The van der Waals surface area contributed by atoms with Crippen molar-refractivity contribution < 1.29 is 0 Å². The summed E-state index contributed by atoms with van der Waals surface area (Å²) in [6.45, 7) is 2.07. The van der Waals surface area contributed by atoms with Crippen LogP contribution in [0.3, 0.4) is 0 Å². The largest absolute Gasteiger partial charge is 0.353 e. The molecule has 0 saturated heterocycles. The van der Waals surface area contributed by atoms with Crippen LogP contribution < -0.4 is 0 Å². The molecular weight excluding hydrogens is 296 g/mol. The third-order valence-electron chi connectivity index (χ3n) is 3.78. The van der Waals surface area contributed by atoms with Gasteiger partial charge in [-0.05, 0) is 42.8 Å². The van der Waals surface area contributed by atoms with Gasteiger partial charge in [0.05, 0.1) is 11.4 Å². The molecule has 0 unspecified atom stereocenters. The number of nitrogens with one attached hydrogen (secondary N) is 2. The number of rotatable bonds is 2. The molecule has 4 nitrogen and oxygen atoms in total. The van der Waals surface area contributed by atoms with Gasteiger partial charge in [-0.15, -0.1) is 0 Å². The summed E-state index contributed by atoms with van der Waals surface area (Å²) in [6.07, 6.45) is 3.44. The number of hydrogen-bond acceptors (Lipinski definition) is 2. The maximum absolute atomic E-state index is 6.12. The number of aryl methyl sites for hydroxylation is 1. The monoisotopic (exact) mass is 308 g/mol. The number of aromatic amines is 2. The van der Waals surface area contributed by atoms with Gasteiger partial charge < -0.3 is 9.97 Å². The Morgan fingerprint density at radius 2 is 1.86 bits per heavy atom. The van der Waals surface area contributed by atoms with Gasteiger partial charge in [0, 0.05) is 27.9 Å². The van der Waals surface area contributed by atoms with E-state index in [0.717, 1.165) is 38.7 Å². The van der Waals surface area contributed by atoms with Crippen LogP contribution in [-0.4, -0.2) is 19.9 Å². The van der Waals surface area contributed by atoms with Gasteiger partial charge in [-0.1, -0.05) is 17.7 Å². The third kappa shape index (κ3) is 2.09. The zero-order valence-electron chi connectivity index (χ0n) is 11.9. The summed E-state index contributed by atoms with van der Waals surface area (Å²) in [7, 11) is 0. The number of H-pyrrole nitrogens is 2. The molecule has 0 aliphatic carbocycles. The zero-order valence-corrected chi connectivity index (χ0v) is 12.6. The lowest BCUT2D eigenvalue weighted by molar-refractivity contribution is 1.19. The maximum atomic E-state index is 6.12. The molecule has 4 aromatic rings. The quantitative estimate of drug-likeness (QED) is 0.569. The zero-order chi connectivity index (χ0) is 15.1. The fourth-order valence-corrected chi connectivity index (χ4v) is 2.83. The molecule has 3 heterocycles. The van der Waals surface area contributed by atoms with Gasteiger partial charge in [0.25, 0.3) is 0 Å². The molecular formula is C17H13ClN4. The second-order valence-electron chi connectivity index (χ2n) is 5.21. The number of benzene rings is 1. The van der Waals surface area contributed by atoms with Gasteiger partial charge >= 0.3 is 0 Å². The van der Waals surface area contributed by atoms with Gasteiger partial charge in [-0.25, -0.2) is 9.97 Å². The first-order valence-corrected chi connectivity index (χ1v) is 7.34. The van der Waals surface area contributed by atoms with Gasteiger partial charge in [-0.2, -0.15) is 0 Å². The Bertz CT molecular complexity index is 968. The molecule has 3 aromatic heterocycles. The topological polar surface area (TPSA) is 57.4 Å². The van der Waals surface area contributed by atoms with Gasteiger partial charge in [-0.3, -0.25) is 0 Å². The summed E-state index contributed by atoms with van der Waals surface area (Å²) in [5.41, 5.74) is 5.97. The maximum Gasteiger partial charge on any atom is 0.141 e. The number of aromatic nitrogens is 4. The first-order valence-electron chi connectivity index (χ1n) is 6.96. The van der Waals surface area contributed by atoms with E-state index in [9.17, 15) is 0 Å². The van der Waals surface area contributed by atoms with Crippen molar-refractivity contribution in [2.45, 2.75) is 6.92 Å². The molecule has 0 bridgehead atoms. The molecule has 0 atom stereocenters. The van der Waals surface area contributed by atoms with Crippen LogP contribution in [0.5, 0.6) is 0 Å². The normalized spacial score (nSPS) is 11.2. The summed E-state index contributed by atoms with van der Waals surface area (Å²) < 4.78 is 0. The second-order valence-corrected chi connectivity index (χ2v) is 5.64. The predicted molar refractivity (Wildman–Crippen MR) is 88.9 cm³/mol. The van der Waals surface area contributed by atoms with Crippen molar-refractivity contribution in [2.24, 2.45) is 0 Å². The van der Waals surface area contributed by atoms with Crippen LogP contribution in [0.4, 0.5) is 0 Å². The Balaban J connectivity index is 1.85. The van der Waals surface area contributed by atoms with Crippen LogP contribution in [0, 0.1) is 6.92 Å². The van der Waals surface area contributed by atoms with E-state index >= 15 is 0 Å². The molecule has 1 aromatic carbocycles. The van der Waals surface area contributed by atoms with E-state index in [1.54, 1.807) is 6.33 Å². The van der Waals surface area contributed by atoms with E-state index in [4.69, 9.17) is 11.6 Å². The Morgan fingerprint density at radius 3 is 2.77 bits per heavy atom. The molecule has 0 aliphatic rings. The minimum absolute atomic E-state index is 0.729. The van der Waals surface area contributed by atoms with Crippen molar-refractivity contribution in [3.8, 4) is 22.6 Å². The minimum Gasteiger partial charge on any atom is -0.353 e. The number of fused-ring (bicyclic) bond motifs is 1. The smallest absolute Gasteiger partial charge is 0.141 e. The molecule has 22 heavy (non-hydrogen) atoms. The minimum atomic E-state index is 0.729. The summed E-state index contributed by atoms with van der Waals surface area (Å²) in [4.78, 5) is 15.2. The van der Waals surface area contributed by atoms with Crippen LogP contribution in [0.15, 0.2) is 48.9 Å². The predicted octanol–water partition coefficient (Wildman–Crippen LogP) is 4.58. The van der Waals surface area contributed by atoms with Crippen molar-refractivity contribution in [3.05, 3.63) is 59.5 Å². The molecule has 0 saturated carbocycles. The van der Waals surface area contributed by atoms with E-state index in [0.29, 0.717) is 0 Å². The standard InChI is InChI=1S/C17H13ClN4/c1-10-2-3-11(18)8-13(10)14-4-5-15(22-14)16-12-6-7-19-17(12)21-9-20-16/h2-9,22H,1H3,(H,19,20,21). The number of halogens is 1. The third-order valence-corrected chi connectivity index (χ3v) is 4.02. The SMILES string of the molecule is Cc1ccc(Cl)cc1-c1ccc(-c2ncnc3[nH]ccc23)[nH]1. The van der Waals surface area contributed by atoms with Crippen molar-refractivity contribution in [2.75, 3.05) is 0 Å². The molecule has 108 valence electrons. The molecule has 0 spiro atoms. The van der Waals surface area contributed by atoms with Crippen LogP contribution >= 0.6 is 11.6 Å². The van der Waals surface area contributed by atoms with Crippen LogP contribution in [-0.2, 0) is 0 Å². The van der Waals surface area contributed by atoms with Crippen LogP contribution in [0.2, 0.25) is 5.02 Å². The lowest BCUT2D eigenvalue weighted by atomic mass is 10.1. The fourth-order valence-electron chi connectivity index (χ4n) is 2.66. The van der Waals surface area contributed by atoms with E-state index in [2.05, 4.69) is 32.9 Å². The number of hydrogen-bond donors (Lipinski definition) is 2. The summed E-state index contributed by atoms with van der Waals surface area (Å²) in [6, 6.07) is 12.0. The van der Waals surface area contributed by atoms with Gasteiger partial charge in [0.15, 0.2) is 0 Å². The van der Waals surface area contributed by atoms with Crippen molar-refractivity contribution in [1.29, 1.82) is 0 Å². The van der Waals surface area contributed by atoms with E-state index < -0.39 is 0 Å². The second kappa shape index (κ2) is 5.00. The van der Waals surface area contributed by atoms with Crippen molar-refractivity contribution >= 4 is 22.6 Å². The average molecular weight is 309 g/mol. The Labute approximate surface area is 132 Å². The molecule has 4 rings (SSSR count). The first-order chi connectivity index (χ1) is 10.7. The average Bonchev–Trinajstić information content (AvgIpc) is 3.17. The Kier molecular flexibility index (Phi) is 2.98. The molecule has 0 fully saturated rings. The highest BCUT2D eigenvalue weighted by molar-refractivity contribution is 6.30. The lowest BCUT2D eigenvalue weighted by Crippen LogP contribution is -1.88. The molecule has 2 N–H and O–H groups in total. The summed E-state index contributed by atoms with van der Waals surface area (Å²) in [5, 5.41) is 1.73. The van der Waals surface area contributed by atoms with Gasteiger partial charge in [0.1, 0.15) is 12.0 Å². The molecule has 0 aliphatic heterocycles. The van der Waals surface area contributed by atoms with Crippen LogP contribution in [0.1, 0.15) is 5.56 Å². The van der Waals surface area contributed by atoms with E-state index in [-0.39, 0.29) is 0 Å². The molecule has 0 radical (unpaired) electrons. The fraction of sp³-hybridized carbons (Fsp3) is 0.0588.